The third-order valence-electron chi connectivity index (χ3n) is 3.00. The van der Waals surface area contributed by atoms with Crippen molar-refractivity contribution < 1.29 is 14.3 Å². The first-order chi connectivity index (χ1) is 10.1. The second-order valence-corrected chi connectivity index (χ2v) is 5.29. The van der Waals surface area contributed by atoms with E-state index < -0.39 is 5.97 Å². The SMILES string of the molecule is O=C(O)c1cccc(-c2csc(-c3ccc(F)cc3)n2)c1. The molecule has 0 spiro atoms. The van der Waals surface area contributed by atoms with Gasteiger partial charge in [-0.05, 0) is 36.4 Å². The van der Waals surface area contributed by atoms with Crippen LogP contribution in [0.5, 0.6) is 0 Å². The molecule has 5 heteroatoms. The van der Waals surface area contributed by atoms with Gasteiger partial charge in [0.25, 0.3) is 0 Å². The zero-order chi connectivity index (χ0) is 14.8. The number of thiazole rings is 1. The van der Waals surface area contributed by atoms with E-state index in [1.807, 2.05) is 11.4 Å². The monoisotopic (exact) mass is 299 g/mol. The molecule has 0 unspecified atom stereocenters. The number of hydrogen-bond acceptors (Lipinski definition) is 3. The van der Waals surface area contributed by atoms with Crippen molar-refractivity contribution in [3.63, 3.8) is 0 Å². The van der Waals surface area contributed by atoms with Crippen LogP contribution in [0.4, 0.5) is 4.39 Å². The Hall–Kier alpha value is -2.53. The maximum atomic E-state index is 12.9. The average Bonchev–Trinajstić information content (AvgIpc) is 2.98. The Labute approximate surface area is 124 Å². The van der Waals surface area contributed by atoms with Gasteiger partial charge in [-0.3, -0.25) is 0 Å². The third kappa shape index (κ3) is 2.83. The molecule has 0 saturated carbocycles. The molecule has 0 aliphatic carbocycles. The van der Waals surface area contributed by atoms with Gasteiger partial charge in [0.15, 0.2) is 0 Å². The van der Waals surface area contributed by atoms with E-state index in [0.29, 0.717) is 5.69 Å². The van der Waals surface area contributed by atoms with Gasteiger partial charge in [-0.1, -0.05) is 12.1 Å². The van der Waals surface area contributed by atoms with Gasteiger partial charge in [0, 0.05) is 16.5 Å². The number of aromatic carboxylic acids is 1. The molecule has 1 heterocycles. The average molecular weight is 299 g/mol. The Morgan fingerprint density at radius 3 is 2.57 bits per heavy atom. The highest BCUT2D eigenvalue weighted by Gasteiger charge is 2.09. The minimum Gasteiger partial charge on any atom is -0.478 e. The molecule has 0 aliphatic heterocycles. The van der Waals surface area contributed by atoms with Crippen LogP contribution < -0.4 is 0 Å². The Bertz CT molecular complexity index is 796. The molecule has 0 aliphatic rings. The van der Waals surface area contributed by atoms with Crippen LogP contribution in [0, 0.1) is 5.82 Å². The van der Waals surface area contributed by atoms with Crippen molar-refractivity contribution in [1.29, 1.82) is 0 Å². The standard InChI is InChI=1S/C16H10FNO2S/c17-13-6-4-10(5-7-13)15-18-14(9-21-15)11-2-1-3-12(8-11)16(19)20/h1-9H,(H,19,20). The number of carbonyl (C=O) groups is 1. The van der Waals surface area contributed by atoms with Crippen LogP contribution in [0.3, 0.4) is 0 Å². The van der Waals surface area contributed by atoms with Crippen LogP contribution in [0.2, 0.25) is 0 Å². The van der Waals surface area contributed by atoms with Crippen LogP contribution in [0.15, 0.2) is 53.9 Å². The highest BCUT2D eigenvalue weighted by molar-refractivity contribution is 7.13. The number of aromatic nitrogens is 1. The third-order valence-corrected chi connectivity index (χ3v) is 3.89. The summed E-state index contributed by atoms with van der Waals surface area (Å²) in [6.45, 7) is 0. The predicted octanol–water partition coefficient (Wildman–Crippen LogP) is 4.31. The molecule has 104 valence electrons. The quantitative estimate of drug-likeness (QED) is 0.783. The van der Waals surface area contributed by atoms with Crippen molar-refractivity contribution in [2.24, 2.45) is 0 Å². The maximum Gasteiger partial charge on any atom is 0.335 e. The van der Waals surface area contributed by atoms with Crippen LogP contribution in [-0.2, 0) is 0 Å². The Morgan fingerprint density at radius 1 is 1.10 bits per heavy atom. The molecule has 21 heavy (non-hydrogen) atoms. The lowest BCUT2D eigenvalue weighted by atomic mass is 10.1. The number of carboxylic acid groups (broad SMARTS) is 1. The van der Waals surface area contributed by atoms with Gasteiger partial charge in [0.05, 0.1) is 11.3 Å². The topological polar surface area (TPSA) is 50.2 Å². The van der Waals surface area contributed by atoms with E-state index >= 15 is 0 Å². The first-order valence-corrected chi connectivity index (χ1v) is 7.06. The van der Waals surface area contributed by atoms with E-state index in [9.17, 15) is 9.18 Å². The summed E-state index contributed by atoms with van der Waals surface area (Å²) >= 11 is 1.44. The molecule has 3 aromatic rings. The lowest BCUT2D eigenvalue weighted by Gasteiger charge is -1.99. The molecule has 1 N–H and O–H groups in total. The Balaban J connectivity index is 1.96. The number of nitrogens with zero attached hydrogens (tertiary/aromatic N) is 1. The fourth-order valence-corrected chi connectivity index (χ4v) is 2.78. The van der Waals surface area contributed by atoms with Gasteiger partial charge in [-0.2, -0.15) is 0 Å². The number of carboxylic acids is 1. The zero-order valence-electron chi connectivity index (χ0n) is 10.8. The smallest absolute Gasteiger partial charge is 0.335 e. The fourth-order valence-electron chi connectivity index (χ4n) is 1.94. The van der Waals surface area contributed by atoms with Crippen molar-refractivity contribution in [3.8, 4) is 21.8 Å². The van der Waals surface area contributed by atoms with Gasteiger partial charge in [0.2, 0.25) is 0 Å². The minimum absolute atomic E-state index is 0.226. The summed E-state index contributed by atoms with van der Waals surface area (Å²) in [5.41, 5.74) is 2.52. The molecule has 1 aromatic heterocycles. The summed E-state index contributed by atoms with van der Waals surface area (Å²) in [6, 6.07) is 12.8. The van der Waals surface area contributed by atoms with E-state index in [2.05, 4.69) is 4.98 Å². The Morgan fingerprint density at radius 2 is 1.86 bits per heavy atom. The van der Waals surface area contributed by atoms with Crippen molar-refractivity contribution in [2.75, 3.05) is 0 Å². The number of hydrogen-bond donors (Lipinski definition) is 1. The van der Waals surface area contributed by atoms with Crippen LogP contribution in [-0.4, -0.2) is 16.1 Å². The summed E-state index contributed by atoms with van der Waals surface area (Å²) in [6.07, 6.45) is 0. The maximum absolute atomic E-state index is 12.9. The van der Waals surface area contributed by atoms with Gasteiger partial charge < -0.3 is 5.11 Å². The van der Waals surface area contributed by atoms with Crippen molar-refractivity contribution >= 4 is 17.3 Å². The van der Waals surface area contributed by atoms with Crippen LogP contribution in [0.1, 0.15) is 10.4 Å². The fraction of sp³-hybridized carbons (Fsp3) is 0. The van der Waals surface area contributed by atoms with Crippen LogP contribution >= 0.6 is 11.3 Å². The van der Waals surface area contributed by atoms with Gasteiger partial charge in [0.1, 0.15) is 10.8 Å². The zero-order valence-corrected chi connectivity index (χ0v) is 11.6. The molecule has 3 nitrogen and oxygen atoms in total. The molecule has 2 aromatic carbocycles. The minimum atomic E-state index is -0.967. The number of halogens is 1. The molecule has 0 fully saturated rings. The number of rotatable bonds is 3. The molecular formula is C16H10FNO2S. The van der Waals surface area contributed by atoms with Gasteiger partial charge in [-0.25, -0.2) is 14.2 Å². The second-order valence-electron chi connectivity index (χ2n) is 4.43. The lowest BCUT2D eigenvalue weighted by molar-refractivity contribution is 0.0697. The van der Waals surface area contributed by atoms with E-state index in [1.165, 1.54) is 23.5 Å². The van der Waals surface area contributed by atoms with E-state index in [4.69, 9.17) is 5.11 Å². The highest BCUT2D eigenvalue weighted by Crippen LogP contribution is 2.29. The molecule has 3 rings (SSSR count). The predicted molar refractivity (Wildman–Crippen MR) is 79.9 cm³/mol. The molecule has 0 saturated heterocycles. The summed E-state index contributed by atoms with van der Waals surface area (Å²) < 4.78 is 12.9. The molecule has 0 amide bonds. The normalized spacial score (nSPS) is 10.5. The second kappa shape index (κ2) is 5.46. The summed E-state index contributed by atoms with van der Waals surface area (Å²) in [7, 11) is 0. The summed E-state index contributed by atoms with van der Waals surface area (Å²) in [5.74, 6) is -1.25. The first-order valence-electron chi connectivity index (χ1n) is 6.19. The van der Waals surface area contributed by atoms with Crippen molar-refractivity contribution in [1.82, 2.24) is 4.98 Å². The molecular weight excluding hydrogens is 289 g/mol. The van der Waals surface area contributed by atoms with E-state index in [0.717, 1.165) is 16.1 Å². The largest absolute Gasteiger partial charge is 0.478 e. The first kappa shape index (κ1) is 13.5. The van der Waals surface area contributed by atoms with Gasteiger partial charge >= 0.3 is 5.97 Å². The lowest BCUT2D eigenvalue weighted by Crippen LogP contribution is -1.95. The van der Waals surface area contributed by atoms with Gasteiger partial charge in [-0.15, -0.1) is 11.3 Å². The van der Waals surface area contributed by atoms with E-state index in [-0.39, 0.29) is 11.4 Å². The Kier molecular flexibility index (Phi) is 3.50. The van der Waals surface area contributed by atoms with Crippen molar-refractivity contribution in [2.45, 2.75) is 0 Å². The van der Waals surface area contributed by atoms with Crippen molar-refractivity contribution in [3.05, 3.63) is 65.3 Å². The summed E-state index contributed by atoms with van der Waals surface area (Å²) in [4.78, 5) is 15.5. The molecule has 0 bridgehead atoms. The molecule has 0 radical (unpaired) electrons. The number of benzene rings is 2. The molecule has 0 atom stereocenters. The van der Waals surface area contributed by atoms with E-state index in [1.54, 1.807) is 30.3 Å². The van der Waals surface area contributed by atoms with Crippen LogP contribution in [0.25, 0.3) is 21.8 Å². The highest BCUT2D eigenvalue weighted by atomic mass is 32.1. The summed E-state index contributed by atoms with van der Waals surface area (Å²) in [5, 5.41) is 11.6.